The van der Waals surface area contributed by atoms with Crippen molar-refractivity contribution in [2.75, 3.05) is 13.1 Å². The summed E-state index contributed by atoms with van der Waals surface area (Å²) in [5.41, 5.74) is 3.40. The molecule has 1 aromatic carbocycles. The van der Waals surface area contributed by atoms with Gasteiger partial charge in [-0.25, -0.2) is 4.68 Å². The number of carbonyl (C=O) groups excluding carboxylic acids is 1. The Morgan fingerprint density at radius 2 is 1.82 bits per heavy atom. The molecule has 3 aromatic rings. The van der Waals surface area contributed by atoms with Crippen LogP contribution in [-0.2, 0) is 14.6 Å². The van der Waals surface area contributed by atoms with Gasteiger partial charge in [-0.05, 0) is 49.3 Å². The molecule has 0 bridgehead atoms. The van der Waals surface area contributed by atoms with E-state index in [0.29, 0.717) is 35.8 Å². The third kappa shape index (κ3) is 3.67. The summed E-state index contributed by atoms with van der Waals surface area (Å²) in [6.07, 6.45) is 1.25. The van der Waals surface area contributed by atoms with Crippen LogP contribution in [0.3, 0.4) is 0 Å². The van der Waals surface area contributed by atoms with Gasteiger partial charge < -0.3 is 9.45 Å². The Hall–Kier alpha value is -2.33. The molecule has 0 saturated carbocycles. The van der Waals surface area contributed by atoms with E-state index in [1.807, 2.05) is 42.2 Å². The molecule has 9 heteroatoms. The summed E-state index contributed by atoms with van der Waals surface area (Å²) in [6, 6.07) is 13.1. The van der Waals surface area contributed by atoms with Crippen LogP contribution in [0.25, 0.3) is 5.69 Å². The molecule has 4 heterocycles. The van der Waals surface area contributed by atoms with E-state index in [0.717, 1.165) is 16.9 Å². The Kier molecular flexibility index (Phi) is 5.76. The first kappa shape index (κ1) is 22.5. The van der Waals surface area contributed by atoms with Gasteiger partial charge in [0.1, 0.15) is 5.69 Å². The standard InChI is InChI=1S/C24H28N4O3S2/c1-16(2)22-21-17(3)25-28(19-8-5-4-6-9-19)23(21)24(29)27(22)18-11-13-26(14-12-18)33(30,31)20-10-7-15-32-20/h4-10,15-16,18,22H,11-14H2,1-3H3. The SMILES string of the molecule is Cc1nn(-c2ccccc2)c2c1C(C(C)C)N(C1CCN([S+](=O)([O-])c3cccs3)CC1)C2=O. The van der Waals surface area contributed by atoms with Gasteiger partial charge in [-0.2, -0.15) is 5.10 Å². The lowest BCUT2D eigenvalue weighted by atomic mass is 9.94. The molecule has 2 aromatic heterocycles. The zero-order chi connectivity index (χ0) is 23.3. The van der Waals surface area contributed by atoms with Crippen LogP contribution in [-0.4, -0.2) is 48.6 Å². The van der Waals surface area contributed by atoms with Crippen LogP contribution in [0.4, 0.5) is 0 Å². The van der Waals surface area contributed by atoms with Crippen molar-refractivity contribution >= 4 is 27.6 Å². The van der Waals surface area contributed by atoms with Crippen molar-refractivity contribution in [2.45, 2.75) is 49.9 Å². The Labute approximate surface area is 199 Å². The molecule has 0 N–H and O–H groups in total. The minimum atomic E-state index is -3.47. The van der Waals surface area contributed by atoms with Gasteiger partial charge in [-0.1, -0.05) is 47.6 Å². The zero-order valence-corrected chi connectivity index (χ0v) is 20.6. The van der Waals surface area contributed by atoms with Crippen molar-refractivity contribution < 1.29 is 13.6 Å². The van der Waals surface area contributed by atoms with Crippen LogP contribution in [0, 0.1) is 12.8 Å². The average Bonchev–Trinajstić information content (AvgIpc) is 3.52. The number of carbonyl (C=O) groups is 1. The minimum absolute atomic E-state index is 0.00397. The predicted octanol–water partition coefficient (Wildman–Crippen LogP) is 4.46. The van der Waals surface area contributed by atoms with Crippen LogP contribution in [0.1, 0.15) is 54.5 Å². The molecule has 7 nitrogen and oxygen atoms in total. The second-order valence-electron chi connectivity index (χ2n) is 9.06. The molecule has 5 rings (SSSR count). The highest BCUT2D eigenvalue weighted by Crippen LogP contribution is 2.44. The van der Waals surface area contributed by atoms with E-state index in [4.69, 9.17) is 5.10 Å². The lowest BCUT2D eigenvalue weighted by Gasteiger charge is -2.40. The first-order valence-corrected chi connectivity index (χ1v) is 13.6. The molecule has 33 heavy (non-hydrogen) atoms. The van der Waals surface area contributed by atoms with Crippen LogP contribution >= 0.6 is 11.3 Å². The van der Waals surface area contributed by atoms with E-state index >= 15 is 0 Å². The molecule has 174 valence electrons. The van der Waals surface area contributed by atoms with Crippen LogP contribution in [0.5, 0.6) is 0 Å². The molecule has 2 aliphatic heterocycles. The van der Waals surface area contributed by atoms with E-state index in [1.165, 1.54) is 11.3 Å². The Morgan fingerprint density at radius 3 is 2.42 bits per heavy atom. The molecule has 0 aliphatic carbocycles. The highest BCUT2D eigenvalue weighted by Gasteiger charge is 2.48. The quantitative estimate of drug-likeness (QED) is 0.501. The Bertz CT molecular complexity index is 1200. The van der Waals surface area contributed by atoms with E-state index in [1.54, 1.807) is 26.5 Å². The van der Waals surface area contributed by atoms with Crippen LogP contribution < -0.4 is 0 Å². The largest absolute Gasteiger partial charge is 0.592 e. The van der Waals surface area contributed by atoms with Gasteiger partial charge in [0.05, 0.1) is 17.4 Å². The zero-order valence-electron chi connectivity index (χ0n) is 19.0. The first-order valence-electron chi connectivity index (χ1n) is 11.3. The molecule has 2 atom stereocenters. The second-order valence-corrected chi connectivity index (χ2v) is 12.2. The number of amides is 1. The van der Waals surface area contributed by atoms with Crippen molar-refractivity contribution in [3.05, 3.63) is 64.8 Å². The number of benzene rings is 1. The molecule has 1 saturated heterocycles. The maximum Gasteiger partial charge on any atom is 0.273 e. The van der Waals surface area contributed by atoms with Crippen LogP contribution in [0.15, 0.2) is 52.1 Å². The summed E-state index contributed by atoms with van der Waals surface area (Å²) in [7, 11) is -3.47. The number of aromatic nitrogens is 2. The number of piperidine rings is 1. The summed E-state index contributed by atoms with van der Waals surface area (Å²) in [6.45, 7) is 7.07. The molecular formula is C24H28N4O3S2. The second kappa shape index (κ2) is 8.47. The van der Waals surface area contributed by atoms with E-state index in [9.17, 15) is 13.6 Å². The number of fused-ring (bicyclic) bond motifs is 1. The topological polar surface area (TPSA) is 81.5 Å². The summed E-state index contributed by atoms with van der Waals surface area (Å²) < 4.78 is 29.6. The van der Waals surface area contributed by atoms with Crippen LogP contribution in [0.2, 0.25) is 0 Å². The van der Waals surface area contributed by atoms with Gasteiger partial charge >= 0.3 is 0 Å². The fourth-order valence-electron chi connectivity index (χ4n) is 5.19. The molecule has 2 aliphatic rings. The van der Waals surface area contributed by atoms with Crippen molar-refractivity contribution in [3.63, 3.8) is 0 Å². The smallest absolute Gasteiger partial charge is 0.273 e. The third-order valence-corrected chi connectivity index (χ3v) is 9.95. The van der Waals surface area contributed by atoms with Gasteiger partial charge in [0.25, 0.3) is 5.91 Å². The molecular weight excluding hydrogens is 456 g/mol. The monoisotopic (exact) mass is 484 g/mol. The maximum absolute atomic E-state index is 13.8. The van der Waals surface area contributed by atoms with Gasteiger partial charge in [-0.15, -0.1) is 4.31 Å². The van der Waals surface area contributed by atoms with Crippen molar-refractivity contribution in [1.29, 1.82) is 0 Å². The molecule has 2 unspecified atom stereocenters. The van der Waals surface area contributed by atoms with Crippen molar-refractivity contribution in [2.24, 2.45) is 5.92 Å². The van der Waals surface area contributed by atoms with E-state index in [2.05, 4.69) is 13.8 Å². The van der Waals surface area contributed by atoms with E-state index in [-0.39, 0.29) is 23.9 Å². The van der Waals surface area contributed by atoms with Crippen molar-refractivity contribution in [3.8, 4) is 5.69 Å². The highest BCUT2D eigenvalue weighted by molar-refractivity contribution is 7.97. The third-order valence-electron chi connectivity index (χ3n) is 6.68. The summed E-state index contributed by atoms with van der Waals surface area (Å²) in [5.74, 6) is 0.211. The summed E-state index contributed by atoms with van der Waals surface area (Å²) in [5, 5.41) is 6.50. The van der Waals surface area contributed by atoms with E-state index < -0.39 is 10.4 Å². The number of sulfonamides is 1. The number of thiophene rings is 1. The summed E-state index contributed by atoms with van der Waals surface area (Å²) in [4.78, 5) is 15.8. The van der Waals surface area contributed by atoms with Gasteiger partial charge in [0.2, 0.25) is 4.21 Å². The highest BCUT2D eigenvalue weighted by atomic mass is 32.3. The average molecular weight is 485 g/mol. The fourth-order valence-corrected chi connectivity index (χ4v) is 7.80. The first-order chi connectivity index (χ1) is 15.8. The van der Waals surface area contributed by atoms with Gasteiger partial charge in [0.15, 0.2) is 10.4 Å². The predicted molar refractivity (Wildman–Crippen MR) is 128 cm³/mol. The summed E-state index contributed by atoms with van der Waals surface area (Å²) >= 11 is 1.24. The number of rotatable bonds is 5. The number of hydrogen-bond donors (Lipinski definition) is 0. The number of hydrogen-bond acceptors (Lipinski definition) is 5. The van der Waals surface area contributed by atoms with Crippen molar-refractivity contribution in [1.82, 2.24) is 19.0 Å². The minimum Gasteiger partial charge on any atom is -0.592 e. The molecule has 1 amide bonds. The van der Waals surface area contributed by atoms with Gasteiger partial charge in [-0.3, -0.25) is 4.79 Å². The van der Waals surface area contributed by atoms with Gasteiger partial charge in [0, 0.05) is 30.8 Å². The number of para-hydroxylation sites is 1. The fraction of sp³-hybridized carbons (Fsp3) is 0.417. The Morgan fingerprint density at radius 1 is 1.12 bits per heavy atom. The number of aryl methyl sites for hydroxylation is 1. The Balaban J connectivity index is 1.43. The lowest BCUT2D eigenvalue weighted by molar-refractivity contribution is 0.0470. The molecule has 0 spiro atoms. The number of nitrogens with zero attached hydrogens (tertiary/aromatic N) is 4. The maximum atomic E-state index is 13.8. The molecule has 1 fully saturated rings. The normalized spacial score (nSPS) is 21.5. The lowest BCUT2D eigenvalue weighted by Crippen LogP contribution is -2.50. The molecule has 0 radical (unpaired) electrons.